The summed E-state index contributed by atoms with van der Waals surface area (Å²) in [5.41, 5.74) is 0.933. The molecule has 1 aliphatic heterocycles. The molecule has 1 aromatic heterocycles. The average Bonchev–Trinajstić information content (AvgIpc) is 3.34. The molecule has 5 heteroatoms. The van der Waals surface area contributed by atoms with Crippen molar-refractivity contribution in [2.24, 2.45) is 5.92 Å². The van der Waals surface area contributed by atoms with E-state index in [0.29, 0.717) is 24.1 Å². The van der Waals surface area contributed by atoms with E-state index >= 15 is 0 Å². The number of benzene rings is 1. The molecule has 4 rings (SSSR count). The SMILES string of the molecule is O=C(CC1C=CCC1)N1CCCCC1c1nc(-c2ccccc2)no1. The molecule has 130 valence electrons. The lowest BCUT2D eigenvalue weighted by atomic mass is 9.98. The van der Waals surface area contributed by atoms with Crippen molar-refractivity contribution < 1.29 is 9.32 Å². The fourth-order valence-corrected chi connectivity index (χ4v) is 3.77. The molecule has 2 aliphatic rings. The average molecular weight is 337 g/mol. The van der Waals surface area contributed by atoms with Gasteiger partial charge in [0, 0.05) is 18.5 Å². The number of nitrogens with zero attached hydrogens (tertiary/aromatic N) is 3. The Morgan fingerprint density at radius 1 is 1.20 bits per heavy atom. The molecule has 25 heavy (non-hydrogen) atoms. The largest absolute Gasteiger partial charge is 0.337 e. The van der Waals surface area contributed by atoms with E-state index in [1.807, 2.05) is 35.2 Å². The summed E-state index contributed by atoms with van der Waals surface area (Å²) in [4.78, 5) is 19.4. The predicted octanol–water partition coefficient (Wildman–Crippen LogP) is 4.15. The zero-order valence-corrected chi connectivity index (χ0v) is 14.3. The van der Waals surface area contributed by atoms with Gasteiger partial charge in [0.15, 0.2) is 0 Å². The first-order valence-corrected chi connectivity index (χ1v) is 9.16. The van der Waals surface area contributed by atoms with Crippen molar-refractivity contribution in [1.82, 2.24) is 15.0 Å². The Kier molecular flexibility index (Phi) is 4.63. The van der Waals surface area contributed by atoms with Gasteiger partial charge >= 0.3 is 0 Å². The molecule has 0 N–H and O–H groups in total. The molecule has 1 aliphatic carbocycles. The number of amides is 1. The highest BCUT2D eigenvalue weighted by Gasteiger charge is 2.33. The van der Waals surface area contributed by atoms with Crippen LogP contribution in [-0.4, -0.2) is 27.5 Å². The molecule has 2 atom stereocenters. The first kappa shape index (κ1) is 16.1. The van der Waals surface area contributed by atoms with E-state index in [9.17, 15) is 4.79 Å². The van der Waals surface area contributed by atoms with Crippen molar-refractivity contribution in [2.75, 3.05) is 6.54 Å². The molecule has 1 fully saturated rings. The molecular formula is C20H23N3O2. The fourth-order valence-electron chi connectivity index (χ4n) is 3.77. The predicted molar refractivity (Wildman–Crippen MR) is 94.5 cm³/mol. The number of aromatic nitrogens is 2. The molecule has 0 radical (unpaired) electrons. The number of hydrogen-bond acceptors (Lipinski definition) is 4. The van der Waals surface area contributed by atoms with Crippen LogP contribution in [0.25, 0.3) is 11.4 Å². The Hall–Kier alpha value is -2.43. The number of likely N-dealkylation sites (tertiary alicyclic amines) is 1. The summed E-state index contributed by atoms with van der Waals surface area (Å²) in [5.74, 6) is 1.75. The summed E-state index contributed by atoms with van der Waals surface area (Å²) in [6.07, 6.45) is 10.1. The minimum absolute atomic E-state index is 0.0865. The van der Waals surface area contributed by atoms with Crippen LogP contribution < -0.4 is 0 Å². The Morgan fingerprint density at radius 2 is 2.08 bits per heavy atom. The van der Waals surface area contributed by atoms with Crippen molar-refractivity contribution in [1.29, 1.82) is 0 Å². The van der Waals surface area contributed by atoms with E-state index in [1.165, 1.54) is 0 Å². The Bertz CT molecular complexity index is 753. The number of allylic oxidation sites excluding steroid dienone is 2. The van der Waals surface area contributed by atoms with Crippen molar-refractivity contribution in [3.63, 3.8) is 0 Å². The molecular weight excluding hydrogens is 314 g/mol. The van der Waals surface area contributed by atoms with E-state index in [0.717, 1.165) is 44.2 Å². The van der Waals surface area contributed by atoms with Crippen LogP contribution in [0.15, 0.2) is 47.0 Å². The maximum atomic E-state index is 12.8. The normalized spacial score (nSPS) is 23.1. The van der Waals surface area contributed by atoms with Gasteiger partial charge in [-0.1, -0.05) is 47.6 Å². The van der Waals surface area contributed by atoms with Crippen LogP contribution in [0.1, 0.15) is 50.5 Å². The first-order valence-electron chi connectivity index (χ1n) is 9.16. The topological polar surface area (TPSA) is 59.2 Å². The van der Waals surface area contributed by atoms with Gasteiger partial charge in [0.25, 0.3) is 0 Å². The number of carbonyl (C=O) groups is 1. The van der Waals surface area contributed by atoms with Crippen molar-refractivity contribution in [3.05, 3.63) is 48.4 Å². The van der Waals surface area contributed by atoms with E-state index in [4.69, 9.17) is 4.52 Å². The summed E-state index contributed by atoms with van der Waals surface area (Å²) < 4.78 is 5.54. The van der Waals surface area contributed by atoms with E-state index in [1.54, 1.807) is 0 Å². The zero-order valence-electron chi connectivity index (χ0n) is 14.3. The fraction of sp³-hybridized carbons (Fsp3) is 0.450. The zero-order chi connectivity index (χ0) is 17.1. The third-order valence-corrected chi connectivity index (χ3v) is 5.13. The molecule has 0 saturated carbocycles. The maximum Gasteiger partial charge on any atom is 0.249 e. The minimum Gasteiger partial charge on any atom is -0.337 e. The lowest BCUT2D eigenvalue weighted by Gasteiger charge is -2.34. The minimum atomic E-state index is -0.0865. The van der Waals surface area contributed by atoms with Gasteiger partial charge in [-0.05, 0) is 38.0 Å². The van der Waals surface area contributed by atoms with Gasteiger partial charge in [-0.3, -0.25) is 4.79 Å². The van der Waals surface area contributed by atoms with Gasteiger partial charge in [-0.15, -0.1) is 0 Å². The molecule has 1 aromatic carbocycles. The van der Waals surface area contributed by atoms with Gasteiger partial charge in [0.1, 0.15) is 6.04 Å². The molecule has 5 nitrogen and oxygen atoms in total. The molecule has 2 heterocycles. The highest BCUT2D eigenvalue weighted by Crippen LogP contribution is 2.33. The Balaban J connectivity index is 1.52. The molecule has 0 spiro atoms. The van der Waals surface area contributed by atoms with Gasteiger partial charge in [0.05, 0.1) is 0 Å². The van der Waals surface area contributed by atoms with Crippen LogP contribution in [0, 0.1) is 5.92 Å². The van der Waals surface area contributed by atoms with Crippen LogP contribution in [0.4, 0.5) is 0 Å². The molecule has 1 saturated heterocycles. The summed E-state index contributed by atoms with van der Waals surface area (Å²) in [5, 5.41) is 4.12. The standard InChI is InChI=1S/C20H23N3O2/c24-18(14-15-8-4-5-9-15)23-13-7-6-12-17(23)20-21-19(22-25-20)16-10-2-1-3-11-16/h1-4,8,10-11,15,17H,5-7,9,12-14H2. The van der Waals surface area contributed by atoms with Crippen molar-refractivity contribution in [3.8, 4) is 11.4 Å². The smallest absolute Gasteiger partial charge is 0.249 e. The summed E-state index contributed by atoms with van der Waals surface area (Å²) in [6.45, 7) is 0.781. The molecule has 1 amide bonds. The van der Waals surface area contributed by atoms with E-state index < -0.39 is 0 Å². The van der Waals surface area contributed by atoms with E-state index in [-0.39, 0.29) is 11.9 Å². The van der Waals surface area contributed by atoms with Crippen molar-refractivity contribution >= 4 is 5.91 Å². The van der Waals surface area contributed by atoms with Gasteiger partial charge in [0.2, 0.25) is 17.6 Å². The summed E-state index contributed by atoms with van der Waals surface area (Å²) in [7, 11) is 0. The monoisotopic (exact) mass is 337 g/mol. The second kappa shape index (κ2) is 7.21. The highest BCUT2D eigenvalue weighted by atomic mass is 16.5. The quantitative estimate of drug-likeness (QED) is 0.787. The van der Waals surface area contributed by atoms with Crippen LogP contribution >= 0.6 is 0 Å². The number of rotatable bonds is 4. The molecule has 2 unspecified atom stereocenters. The first-order chi connectivity index (χ1) is 12.3. The van der Waals surface area contributed by atoms with Gasteiger partial charge in [-0.2, -0.15) is 4.98 Å². The van der Waals surface area contributed by atoms with Crippen molar-refractivity contribution in [2.45, 2.75) is 44.6 Å². The van der Waals surface area contributed by atoms with Crippen LogP contribution in [0.2, 0.25) is 0 Å². The van der Waals surface area contributed by atoms with Crippen LogP contribution in [-0.2, 0) is 4.79 Å². The Morgan fingerprint density at radius 3 is 2.88 bits per heavy atom. The number of hydrogen-bond donors (Lipinski definition) is 0. The van der Waals surface area contributed by atoms with Gasteiger partial charge < -0.3 is 9.42 Å². The highest BCUT2D eigenvalue weighted by molar-refractivity contribution is 5.77. The number of piperidine rings is 1. The Labute approximate surface area is 147 Å². The third-order valence-electron chi connectivity index (χ3n) is 5.13. The maximum absolute atomic E-state index is 12.8. The third kappa shape index (κ3) is 3.50. The van der Waals surface area contributed by atoms with Crippen LogP contribution in [0.5, 0.6) is 0 Å². The number of carbonyl (C=O) groups excluding carboxylic acids is 1. The lowest BCUT2D eigenvalue weighted by molar-refractivity contribution is -0.136. The molecule has 2 aromatic rings. The second-order valence-corrected chi connectivity index (χ2v) is 6.89. The van der Waals surface area contributed by atoms with Crippen LogP contribution in [0.3, 0.4) is 0 Å². The lowest BCUT2D eigenvalue weighted by Crippen LogP contribution is -2.39. The molecule has 0 bridgehead atoms. The second-order valence-electron chi connectivity index (χ2n) is 6.89. The van der Waals surface area contributed by atoms with E-state index in [2.05, 4.69) is 22.3 Å². The van der Waals surface area contributed by atoms with Gasteiger partial charge in [-0.25, -0.2) is 0 Å². The summed E-state index contributed by atoms with van der Waals surface area (Å²) >= 11 is 0. The summed E-state index contributed by atoms with van der Waals surface area (Å²) in [6, 6.07) is 9.71.